The number of rotatable bonds is 5. The van der Waals surface area contributed by atoms with Gasteiger partial charge in [-0.25, -0.2) is 0 Å². The summed E-state index contributed by atoms with van der Waals surface area (Å²) in [5, 5.41) is 6.29. The van der Waals surface area contributed by atoms with Crippen LogP contribution in [0.3, 0.4) is 0 Å². The Labute approximate surface area is 174 Å². The van der Waals surface area contributed by atoms with E-state index in [1.165, 1.54) is 12.1 Å². The number of nitrogens with one attached hydrogen (secondary N) is 2. The van der Waals surface area contributed by atoms with E-state index in [1.54, 1.807) is 17.0 Å². The van der Waals surface area contributed by atoms with E-state index in [2.05, 4.69) is 15.4 Å². The minimum atomic E-state index is -2.88. The molecule has 2 unspecified atom stereocenters. The van der Waals surface area contributed by atoms with Crippen LogP contribution in [-0.4, -0.2) is 44.1 Å². The molecule has 2 N–H and O–H groups in total. The Bertz CT molecular complexity index is 741. The Balaban J connectivity index is 0.00000240. The van der Waals surface area contributed by atoms with Crippen LogP contribution in [0, 0.1) is 11.3 Å². The molecular weight excluding hydrogens is 404 g/mol. The first-order chi connectivity index (χ1) is 13.5. The summed E-state index contributed by atoms with van der Waals surface area (Å²) in [7, 11) is 0. The molecule has 3 fully saturated rings. The van der Waals surface area contributed by atoms with Gasteiger partial charge in [-0.3, -0.25) is 9.59 Å². The van der Waals surface area contributed by atoms with E-state index in [0.29, 0.717) is 18.7 Å². The van der Waals surface area contributed by atoms with Crippen molar-refractivity contribution in [3.05, 3.63) is 24.3 Å². The van der Waals surface area contributed by atoms with Crippen LogP contribution in [-0.2, 0) is 9.59 Å². The fourth-order valence-electron chi connectivity index (χ4n) is 4.54. The van der Waals surface area contributed by atoms with Crippen molar-refractivity contribution >= 4 is 29.9 Å². The molecule has 6 nitrogen and oxygen atoms in total. The van der Waals surface area contributed by atoms with E-state index in [9.17, 15) is 18.4 Å². The Morgan fingerprint density at radius 3 is 2.59 bits per heavy atom. The Morgan fingerprint density at radius 2 is 1.93 bits per heavy atom. The second kappa shape index (κ2) is 8.83. The molecule has 1 aromatic carbocycles. The van der Waals surface area contributed by atoms with Crippen LogP contribution in [0.2, 0.25) is 0 Å². The molecule has 0 bridgehead atoms. The van der Waals surface area contributed by atoms with Gasteiger partial charge in [-0.2, -0.15) is 8.78 Å². The first kappa shape index (κ1) is 21.8. The molecule has 2 atom stereocenters. The Hall–Kier alpha value is -1.93. The maximum Gasteiger partial charge on any atom is 0.387 e. The van der Waals surface area contributed by atoms with Gasteiger partial charge in [0, 0.05) is 18.2 Å². The summed E-state index contributed by atoms with van der Waals surface area (Å²) in [5.41, 5.74) is 0.750. The van der Waals surface area contributed by atoms with Crippen molar-refractivity contribution in [2.75, 3.05) is 24.5 Å². The fourth-order valence-corrected chi connectivity index (χ4v) is 4.54. The molecule has 0 aromatic heterocycles. The summed E-state index contributed by atoms with van der Waals surface area (Å²) in [5.74, 6) is -0.0949. The average molecular weight is 430 g/mol. The quantitative estimate of drug-likeness (QED) is 0.755. The number of anilines is 1. The van der Waals surface area contributed by atoms with Crippen LogP contribution in [0.4, 0.5) is 14.5 Å². The maximum absolute atomic E-state index is 12.9. The van der Waals surface area contributed by atoms with Gasteiger partial charge in [0.25, 0.3) is 0 Å². The highest BCUT2D eigenvalue weighted by atomic mass is 35.5. The largest absolute Gasteiger partial charge is 0.435 e. The van der Waals surface area contributed by atoms with Crippen LogP contribution in [0.25, 0.3) is 0 Å². The molecule has 2 amide bonds. The number of amides is 2. The molecule has 2 aliphatic heterocycles. The van der Waals surface area contributed by atoms with Crippen LogP contribution in [0.15, 0.2) is 24.3 Å². The van der Waals surface area contributed by atoms with Crippen molar-refractivity contribution in [1.29, 1.82) is 0 Å². The Morgan fingerprint density at radius 1 is 1.24 bits per heavy atom. The van der Waals surface area contributed by atoms with E-state index >= 15 is 0 Å². The van der Waals surface area contributed by atoms with Gasteiger partial charge < -0.3 is 20.3 Å². The lowest BCUT2D eigenvalue weighted by atomic mass is 9.91. The predicted molar refractivity (Wildman–Crippen MR) is 106 cm³/mol. The molecule has 4 rings (SSSR count). The smallest absolute Gasteiger partial charge is 0.387 e. The number of ether oxygens (including phenoxy) is 1. The van der Waals surface area contributed by atoms with Gasteiger partial charge in [0.05, 0.1) is 0 Å². The van der Waals surface area contributed by atoms with E-state index < -0.39 is 12.7 Å². The van der Waals surface area contributed by atoms with Crippen molar-refractivity contribution in [3.8, 4) is 5.75 Å². The monoisotopic (exact) mass is 429 g/mol. The normalized spacial score (nSPS) is 25.5. The molecule has 9 heteroatoms. The summed E-state index contributed by atoms with van der Waals surface area (Å²) in [6, 6.07) is 5.48. The van der Waals surface area contributed by atoms with Crippen molar-refractivity contribution in [3.63, 3.8) is 0 Å². The molecule has 2 heterocycles. The van der Waals surface area contributed by atoms with Crippen LogP contribution in [0.1, 0.15) is 32.1 Å². The number of carbonyl (C=O) groups excluding carboxylic acids is 2. The first-order valence-corrected chi connectivity index (χ1v) is 9.86. The number of carbonyl (C=O) groups is 2. The van der Waals surface area contributed by atoms with Gasteiger partial charge in [-0.15, -0.1) is 12.4 Å². The standard InChI is InChI=1S/C20H25F2N3O3.ClH/c21-19(22)28-14-5-3-13(4-6-14)25-11-1-2-16(18(25)27)24-17(26)15-12-20(15)7-9-23-10-8-20;/h3-6,15-16,19,23H,1-2,7-12H2,(H,24,26);1H. The van der Waals surface area contributed by atoms with Gasteiger partial charge in [-0.05, 0) is 74.9 Å². The number of hydrogen-bond donors (Lipinski definition) is 2. The van der Waals surface area contributed by atoms with Crippen LogP contribution >= 0.6 is 12.4 Å². The van der Waals surface area contributed by atoms with Crippen molar-refractivity contribution < 1.29 is 23.1 Å². The van der Waals surface area contributed by atoms with Crippen LogP contribution < -0.4 is 20.3 Å². The average Bonchev–Trinajstić information content (AvgIpc) is 3.37. The van der Waals surface area contributed by atoms with E-state index in [1.807, 2.05) is 0 Å². The summed E-state index contributed by atoms with van der Waals surface area (Å²) in [4.78, 5) is 27.2. The van der Waals surface area contributed by atoms with Gasteiger partial charge in [0.2, 0.25) is 11.8 Å². The summed E-state index contributed by atoms with van der Waals surface area (Å²) < 4.78 is 28.9. The van der Waals surface area contributed by atoms with Crippen molar-refractivity contribution in [2.45, 2.75) is 44.8 Å². The highest BCUT2D eigenvalue weighted by Crippen LogP contribution is 2.58. The van der Waals surface area contributed by atoms with Gasteiger partial charge in [0.15, 0.2) is 0 Å². The van der Waals surface area contributed by atoms with Gasteiger partial charge >= 0.3 is 6.61 Å². The fraction of sp³-hybridized carbons (Fsp3) is 0.600. The number of piperidine rings is 2. The molecule has 1 saturated carbocycles. The number of halogens is 3. The molecule has 1 aliphatic carbocycles. The zero-order chi connectivity index (χ0) is 19.7. The SMILES string of the molecule is Cl.O=C(NC1CCCN(c2ccc(OC(F)F)cc2)C1=O)C1CC12CCNCC2. The zero-order valence-corrected chi connectivity index (χ0v) is 16.9. The summed E-state index contributed by atoms with van der Waals surface area (Å²) >= 11 is 0. The summed E-state index contributed by atoms with van der Waals surface area (Å²) in [6.45, 7) is -0.442. The molecule has 1 aromatic rings. The van der Waals surface area contributed by atoms with E-state index in [-0.39, 0.29) is 41.3 Å². The lowest BCUT2D eigenvalue weighted by Gasteiger charge is -2.33. The topological polar surface area (TPSA) is 70.7 Å². The molecule has 1 spiro atoms. The van der Waals surface area contributed by atoms with E-state index in [0.717, 1.165) is 38.8 Å². The predicted octanol–water partition coefficient (Wildman–Crippen LogP) is 2.71. The third-order valence-corrected chi connectivity index (χ3v) is 6.23. The molecule has 3 aliphatic rings. The lowest BCUT2D eigenvalue weighted by Crippen LogP contribution is -2.53. The zero-order valence-electron chi connectivity index (χ0n) is 16.0. The molecular formula is C20H26ClF2N3O3. The number of benzene rings is 1. The second-order valence-corrected chi connectivity index (χ2v) is 7.93. The summed E-state index contributed by atoms with van der Waals surface area (Å²) in [6.07, 6.45) is 4.34. The van der Waals surface area contributed by atoms with Crippen molar-refractivity contribution in [1.82, 2.24) is 10.6 Å². The minimum absolute atomic E-state index is 0. The third kappa shape index (κ3) is 4.64. The van der Waals surface area contributed by atoms with Gasteiger partial charge in [0.1, 0.15) is 11.8 Å². The first-order valence-electron chi connectivity index (χ1n) is 9.86. The second-order valence-electron chi connectivity index (χ2n) is 7.93. The molecule has 0 radical (unpaired) electrons. The molecule has 2 saturated heterocycles. The lowest BCUT2D eigenvalue weighted by molar-refractivity contribution is -0.129. The maximum atomic E-state index is 12.9. The van der Waals surface area contributed by atoms with Crippen LogP contribution in [0.5, 0.6) is 5.75 Å². The minimum Gasteiger partial charge on any atom is -0.435 e. The van der Waals surface area contributed by atoms with Gasteiger partial charge in [-0.1, -0.05) is 0 Å². The number of hydrogen-bond acceptors (Lipinski definition) is 4. The third-order valence-electron chi connectivity index (χ3n) is 6.23. The van der Waals surface area contributed by atoms with E-state index in [4.69, 9.17) is 0 Å². The molecule has 160 valence electrons. The highest BCUT2D eigenvalue weighted by Gasteiger charge is 2.58. The number of alkyl halides is 2. The Kier molecular flexibility index (Phi) is 6.63. The van der Waals surface area contributed by atoms with Crippen molar-refractivity contribution in [2.24, 2.45) is 11.3 Å². The molecule has 29 heavy (non-hydrogen) atoms. The number of nitrogens with zero attached hydrogens (tertiary/aromatic N) is 1. The highest BCUT2D eigenvalue weighted by molar-refractivity contribution is 6.00.